The number of anilines is 1. The van der Waals surface area contributed by atoms with E-state index in [2.05, 4.69) is 52.9 Å². The van der Waals surface area contributed by atoms with Crippen LogP contribution in [0.1, 0.15) is 37.8 Å². The van der Waals surface area contributed by atoms with Crippen molar-refractivity contribution in [1.82, 2.24) is 0 Å². The van der Waals surface area contributed by atoms with Crippen molar-refractivity contribution in [2.75, 3.05) is 18.0 Å². The first kappa shape index (κ1) is 13.4. The summed E-state index contributed by atoms with van der Waals surface area (Å²) in [7, 11) is 0. The maximum Gasteiger partial charge on any atom is 0.101 e. The summed E-state index contributed by atoms with van der Waals surface area (Å²) in [5.74, 6) is 0. The summed E-state index contributed by atoms with van der Waals surface area (Å²) >= 11 is 3.43. The Labute approximate surface area is 118 Å². The lowest BCUT2D eigenvalue weighted by Gasteiger charge is -2.38. The monoisotopic (exact) mass is 306 g/mol. The second-order valence-electron chi connectivity index (χ2n) is 5.75. The molecule has 1 aromatic rings. The topological polar surface area (TPSA) is 27.0 Å². The van der Waals surface area contributed by atoms with E-state index in [1.54, 1.807) is 0 Å². The van der Waals surface area contributed by atoms with Gasteiger partial charge in [-0.3, -0.25) is 0 Å². The minimum Gasteiger partial charge on any atom is -0.370 e. The Morgan fingerprint density at radius 2 is 2.00 bits per heavy atom. The molecule has 96 valence electrons. The SMILES string of the molecule is CC1(C)CCN(c2ccc(CBr)cc2C#N)CC1. The standard InChI is InChI=1S/C15H19BrN2/c1-15(2)5-7-18(8-6-15)14-4-3-12(10-16)9-13(14)11-17/h3-4,9H,5-8,10H2,1-2H3. The quantitative estimate of drug-likeness (QED) is 0.770. The third kappa shape index (κ3) is 2.87. The Morgan fingerprint density at radius 1 is 1.33 bits per heavy atom. The van der Waals surface area contributed by atoms with Gasteiger partial charge in [0, 0.05) is 18.4 Å². The predicted octanol–water partition coefficient (Wildman–Crippen LogP) is 4.08. The number of hydrogen-bond acceptors (Lipinski definition) is 2. The minimum atomic E-state index is 0.444. The van der Waals surface area contributed by atoms with E-state index in [0.717, 1.165) is 35.2 Å². The molecule has 3 heteroatoms. The molecule has 1 saturated heterocycles. The highest BCUT2D eigenvalue weighted by Gasteiger charge is 2.26. The molecule has 0 N–H and O–H groups in total. The zero-order valence-electron chi connectivity index (χ0n) is 11.0. The predicted molar refractivity (Wildman–Crippen MR) is 79.0 cm³/mol. The fourth-order valence-electron chi connectivity index (χ4n) is 2.38. The van der Waals surface area contributed by atoms with Gasteiger partial charge in [-0.25, -0.2) is 0 Å². The van der Waals surface area contributed by atoms with E-state index < -0.39 is 0 Å². The van der Waals surface area contributed by atoms with Crippen LogP contribution in [0.25, 0.3) is 0 Å². The smallest absolute Gasteiger partial charge is 0.101 e. The fraction of sp³-hybridized carbons (Fsp3) is 0.533. The van der Waals surface area contributed by atoms with Crippen LogP contribution in [0.3, 0.4) is 0 Å². The lowest BCUT2D eigenvalue weighted by atomic mass is 9.82. The second-order valence-corrected chi connectivity index (χ2v) is 6.31. The van der Waals surface area contributed by atoms with E-state index in [1.165, 1.54) is 12.8 Å². The lowest BCUT2D eigenvalue weighted by molar-refractivity contribution is 0.280. The van der Waals surface area contributed by atoms with Gasteiger partial charge in [0.05, 0.1) is 11.3 Å². The summed E-state index contributed by atoms with van der Waals surface area (Å²) in [5.41, 5.74) is 3.50. The molecule has 1 aliphatic rings. The van der Waals surface area contributed by atoms with E-state index >= 15 is 0 Å². The van der Waals surface area contributed by atoms with E-state index in [4.69, 9.17) is 0 Å². The molecular formula is C15H19BrN2. The van der Waals surface area contributed by atoms with Crippen LogP contribution >= 0.6 is 15.9 Å². The van der Waals surface area contributed by atoms with Crippen molar-refractivity contribution in [1.29, 1.82) is 5.26 Å². The van der Waals surface area contributed by atoms with Crippen molar-refractivity contribution in [2.45, 2.75) is 32.0 Å². The highest BCUT2D eigenvalue weighted by molar-refractivity contribution is 9.08. The first-order chi connectivity index (χ1) is 8.55. The summed E-state index contributed by atoms with van der Waals surface area (Å²) in [4.78, 5) is 2.35. The van der Waals surface area contributed by atoms with Gasteiger partial charge in [0.1, 0.15) is 6.07 Å². The number of hydrogen-bond donors (Lipinski definition) is 0. The second kappa shape index (κ2) is 5.32. The summed E-state index contributed by atoms with van der Waals surface area (Å²) in [5, 5.41) is 10.1. The number of nitrogens with zero attached hydrogens (tertiary/aromatic N) is 2. The maximum atomic E-state index is 9.28. The van der Waals surface area contributed by atoms with Crippen LogP contribution in [-0.2, 0) is 5.33 Å². The summed E-state index contributed by atoms with van der Waals surface area (Å²) in [6.45, 7) is 6.75. The Hall–Kier alpha value is -1.01. The van der Waals surface area contributed by atoms with Gasteiger partial charge >= 0.3 is 0 Å². The summed E-state index contributed by atoms with van der Waals surface area (Å²) in [6, 6.07) is 8.51. The molecule has 0 spiro atoms. The van der Waals surface area contributed by atoms with Gasteiger partial charge in [-0.05, 0) is 36.0 Å². The van der Waals surface area contributed by atoms with Gasteiger partial charge in [-0.2, -0.15) is 5.26 Å². The zero-order chi connectivity index (χ0) is 13.2. The number of piperidine rings is 1. The Bertz CT molecular complexity index is 464. The Morgan fingerprint density at radius 3 is 2.56 bits per heavy atom. The molecule has 0 aliphatic carbocycles. The average molecular weight is 307 g/mol. The van der Waals surface area contributed by atoms with Gasteiger partial charge in [0.15, 0.2) is 0 Å². The molecule has 0 saturated carbocycles. The van der Waals surface area contributed by atoms with Crippen molar-refractivity contribution in [2.24, 2.45) is 5.41 Å². The van der Waals surface area contributed by atoms with Crippen LogP contribution in [0, 0.1) is 16.7 Å². The summed E-state index contributed by atoms with van der Waals surface area (Å²) in [6.07, 6.45) is 2.39. The zero-order valence-corrected chi connectivity index (χ0v) is 12.6. The molecule has 2 nitrogen and oxygen atoms in total. The van der Waals surface area contributed by atoms with Gasteiger partial charge in [0.2, 0.25) is 0 Å². The van der Waals surface area contributed by atoms with Crippen LogP contribution in [0.5, 0.6) is 0 Å². The van der Waals surface area contributed by atoms with E-state index in [0.29, 0.717) is 5.41 Å². The molecule has 18 heavy (non-hydrogen) atoms. The molecule has 0 aromatic heterocycles. The molecule has 0 atom stereocenters. The molecule has 1 fully saturated rings. The highest BCUT2D eigenvalue weighted by atomic mass is 79.9. The van der Waals surface area contributed by atoms with Crippen molar-refractivity contribution in [3.63, 3.8) is 0 Å². The van der Waals surface area contributed by atoms with Crippen LogP contribution in [0.15, 0.2) is 18.2 Å². The van der Waals surface area contributed by atoms with Gasteiger partial charge in [-0.15, -0.1) is 0 Å². The number of halogens is 1. The van der Waals surface area contributed by atoms with E-state index in [-0.39, 0.29) is 0 Å². The van der Waals surface area contributed by atoms with Gasteiger partial charge < -0.3 is 4.90 Å². The molecule has 1 aromatic carbocycles. The average Bonchev–Trinajstić information content (AvgIpc) is 2.38. The van der Waals surface area contributed by atoms with Crippen LogP contribution in [0.4, 0.5) is 5.69 Å². The maximum absolute atomic E-state index is 9.28. The number of nitriles is 1. The summed E-state index contributed by atoms with van der Waals surface area (Å²) < 4.78 is 0. The van der Waals surface area contributed by atoms with Crippen LogP contribution in [-0.4, -0.2) is 13.1 Å². The molecule has 1 aliphatic heterocycles. The lowest BCUT2D eigenvalue weighted by Crippen LogP contribution is -2.37. The van der Waals surface area contributed by atoms with Crippen molar-refractivity contribution >= 4 is 21.6 Å². The van der Waals surface area contributed by atoms with Gasteiger partial charge in [0.25, 0.3) is 0 Å². The van der Waals surface area contributed by atoms with Crippen molar-refractivity contribution in [3.8, 4) is 6.07 Å². The number of alkyl halides is 1. The molecular weight excluding hydrogens is 288 g/mol. The Balaban J connectivity index is 2.22. The van der Waals surface area contributed by atoms with Crippen molar-refractivity contribution in [3.05, 3.63) is 29.3 Å². The Kier molecular flexibility index (Phi) is 3.97. The molecule has 0 unspecified atom stereocenters. The molecule has 0 bridgehead atoms. The van der Waals surface area contributed by atoms with Crippen molar-refractivity contribution < 1.29 is 0 Å². The van der Waals surface area contributed by atoms with E-state index in [1.807, 2.05) is 6.07 Å². The number of rotatable bonds is 2. The molecule has 0 radical (unpaired) electrons. The number of benzene rings is 1. The highest BCUT2D eigenvalue weighted by Crippen LogP contribution is 2.33. The first-order valence-corrected chi connectivity index (χ1v) is 7.52. The minimum absolute atomic E-state index is 0.444. The van der Waals surface area contributed by atoms with Crippen LogP contribution in [0.2, 0.25) is 0 Å². The van der Waals surface area contributed by atoms with Gasteiger partial charge in [-0.1, -0.05) is 35.8 Å². The fourth-order valence-corrected chi connectivity index (χ4v) is 2.73. The van der Waals surface area contributed by atoms with Crippen LogP contribution < -0.4 is 4.90 Å². The normalized spacial score (nSPS) is 18.4. The van der Waals surface area contributed by atoms with E-state index in [9.17, 15) is 5.26 Å². The molecule has 0 amide bonds. The first-order valence-electron chi connectivity index (χ1n) is 6.40. The third-order valence-corrected chi connectivity index (χ3v) is 4.44. The third-order valence-electron chi connectivity index (χ3n) is 3.79. The largest absolute Gasteiger partial charge is 0.370 e. The molecule has 2 rings (SSSR count). The molecule has 1 heterocycles.